The average molecular weight is 1330 g/mol. The number of rotatable bonds is 0. The molecule has 96 heavy (non-hydrogen) atoms. The van der Waals surface area contributed by atoms with Crippen LogP contribution >= 0.6 is 15.9 Å². The van der Waals surface area contributed by atoms with Crippen molar-refractivity contribution in [1.29, 1.82) is 0 Å². The first-order valence-corrected chi connectivity index (χ1v) is 32.4. The number of para-hydroxylation sites is 2. The van der Waals surface area contributed by atoms with Crippen LogP contribution in [0.1, 0.15) is 39.9 Å². The van der Waals surface area contributed by atoms with E-state index in [1.165, 1.54) is 103 Å². The van der Waals surface area contributed by atoms with E-state index in [0.717, 1.165) is 49.4 Å². The van der Waals surface area contributed by atoms with E-state index in [1.807, 2.05) is 116 Å². The molecule has 0 radical (unpaired) electrons. The van der Waals surface area contributed by atoms with Crippen molar-refractivity contribution in [1.82, 2.24) is 44.9 Å². The van der Waals surface area contributed by atoms with Crippen molar-refractivity contribution in [3.63, 3.8) is 0 Å². The van der Waals surface area contributed by atoms with Crippen molar-refractivity contribution < 1.29 is 13.9 Å². The third-order valence-corrected chi connectivity index (χ3v) is 16.3. The van der Waals surface area contributed by atoms with Gasteiger partial charge in [0.15, 0.2) is 0 Å². The molecule has 0 bridgehead atoms. The van der Waals surface area contributed by atoms with Crippen molar-refractivity contribution in [3.8, 4) is 5.75 Å². The number of phenolic OH excluding ortho intramolecular Hbond substituents is 1. The second kappa shape index (κ2) is 33.2. The van der Waals surface area contributed by atoms with Crippen LogP contribution in [0.25, 0.3) is 87.4 Å². The van der Waals surface area contributed by atoms with Gasteiger partial charge in [-0.15, -0.1) is 0 Å². The minimum Gasteiger partial charge on any atom is -0.508 e. The zero-order valence-corrected chi connectivity index (χ0v) is 54.8. The van der Waals surface area contributed by atoms with Gasteiger partial charge in [-0.05, 0) is 222 Å². The Balaban J connectivity index is 0.000000108. The maximum Gasteiger partial charge on any atom is 0.137 e. The molecule has 1 aliphatic heterocycles. The molecule has 0 atom stereocenters. The highest BCUT2D eigenvalue weighted by atomic mass is 79.9. The van der Waals surface area contributed by atoms with Gasteiger partial charge in [0, 0.05) is 132 Å². The number of phenols is 1. The number of aromatic nitrogens is 9. The van der Waals surface area contributed by atoms with Crippen LogP contribution in [0.3, 0.4) is 0 Å². The number of aliphatic imine (C=N–C) groups is 1. The number of pyridine rings is 1. The summed E-state index contributed by atoms with van der Waals surface area (Å²) in [6.07, 6.45) is 20.8. The van der Waals surface area contributed by atoms with Crippen LogP contribution in [-0.4, -0.2) is 56.2 Å². The minimum atomic E-state index is -0.188. The second-order valence-corrected chi connectivity index (χ2v) is 23.6. The van der Waals surface area contributed by atoms with E-state index in [-0.39, 0.29) is 11.6 Å². The highest BCUT2D eigenvalue weighted by Gasteiger charge is 2.08. The fraction of sp³-hybridized carbons (Fsp3) is 0.0732. The lowest BCUT2D eigenvalue weighted by molar-refractivity contribution is 0.476. The van der Waals surface area contributed by atoms with Crippen molar-refractivity contribution in [2.24, 2.45) is 4.99 Å². The monoisotopic (exact) mass is 1330 g/mol. The standard InChI is InChI=1S/2C9H9N.C9H10.C8H6BrN.2C8H6FN.C8H7NO.2C8H7N.C7H6N2/c1-7-2-3-8-4-5-10-9(8)6-7;1-7-6-8-4-2-3-5-9(8)10-7;1-2-5-9-7-3-6-8(9)4-1;2*9-7-1-2-8-6(5-7)3-4-10-8;9-7-2-1-3-8-6(7)4-5-10-8;10-7-2-1-6-3-4-9-8(6)5-7;1-2-4-8-6-9-5-7(8)3-1;1-2-4-8-7(3-1)5-6-9-8;1-2-6-3-5-9-7(6)8-4-1/h2*2-6,10H,1H3;1-2,4-5H,3,6-7H2;3*1-5,10H;1-5,9-10H;1-5H,6H2;1-6,9H;1-5H,(H,8,9). The molecule has 10 heterocycles. The summed E-state index contributed by atoms with van der Waals surface area (Å²) < 4.78 is 26.4. The second-order valence-electron chi connectivity index (χ2n) is 22.7. The number of aryl methyl sites for hydroxylation is 4. The summed E-state index contributed by atoms with van der Waals surface area (Å²) in [6, 6.07) is 80.9. The topological polar surface area (TPSA) is 172 Å². The largest absolute Gasteiger partial charge is 0.508 e. The number of H-pyrrole nitrogens is 8. The molecule has 9 N–H and O–H groups in total. The minimum absolute atomic E-state index is 0.168. The van der Waals surface area contributed by atoms with Crippen LogP contribution in [0.4, 0.5) is 8.78 Å². The van der Waals surface area contributed by atoms with E-state index in [4.69, 9.17) is 5.11 Å². The quantitative estimate of drug-likeness (QED) is 0.0737. The maximum absolute atomic E-state index is 12.8. The maximum atomic E-state index is 12.8. The molecule has 0 spiro atoms. The van der Waals surface area contributed by atoms with Crippen LogP contribution < -0.4 is 0 Å². The highest BCUT2D eigenvalue weighted by Crippen LogP contribution is 2.23. The molecule has 18 aromatic rings. The van der Waals surface area contributed by atoms with Gasteiger partial charge in [0.2, 0.25) is 0 Å². The number of halogens is 3. The molecule has 478 valence electrons. The summed E-state index contributed by atoms with van der Waals surface area (Å²) in [4.78, 5) is 32.8. The summed E-state index contributed by atoms with van der Waals surface area (Å²) in [5.74, 6) is -0.0548. The summed E-state index contributed by atoms with van der Waals surface area (Å²) >= 11 is 3.40. The lowest BCUT2D eigenvalue weighted by Crippen LogP contribution is -1.79. The van der Waals surface area contributed by atoms with Crippen LogP contribution in [0.15, 0.2) is 308 Å². The number of aromatic hydroxyl groups is 1. The molecule has 0 unspecified atom stereocenters. The van der Waals surface area contributed by atoms with Crippen molar-refractivity contribution >= 4 is 109 Å². The summed E-state index contributed by atoms with van der Waals surface area (Å²) in [7, 11) is 0. The lowest BCUT2D eigenvalue weighted by atomic mass is 10.1. The Morgan fingerprint density at radius 2 is 0.917 bits per heavy atom. The number of hydrogen-bond donors (Lipinski definition) is 9. The van der Waals surface area contributed by atoms with E-state index in [1.54, 1.807) is 60.0 Å². The number of nitrogens with zero attached hydrogens (tertiary/aromatic N) is 2. The number of hydrogen-bond acceptors (Lipinski definition) is 3. The van der Waals surface area contributed by atoms with E-state index < -0.39 is 0 Å². The third kappa shape index (κ3) is 18.5. The first kappa shape index (κ1) is 65.7. The lowest BCUT2D eigenvalue weighted by Gasteiger charge is -1.93. The molecule has 9 aromatic carbocycles. The predicted molar refractivity (Wildman–Crippen MR) is 399 cm³/mol. The summed E-state index contributed by atoms with van der Waals surface area (Å²) in [6.45, 7) is 5.04. The normalized spacial score (nSPS) is 11.2. The molecule has 9 aromatic heterocycles. The fourth-order valence-corrected chi connectivity index (χ4v) is 11.3. The first-order valence-electron chi connectivity index (χ1n) is 31.6. The Morgan fingerprint density at radius 3 is 1.60 bits per heavy atom. The van der Waals surface area contributed by atoms with E-state index in [2.05, 4.69) is 201 Å². The third-order valence-electron chi connectivity index (χ3n) is 15.8. The van der Waals surface area contributed by atoms with Crippen LogP contribution in [0, 0.1) is 25.5 Å². The molecule has 0 amide bonds. The molecule has 11 nitrogen and oxygen atoms in total. The van der Waals surface area contributed by atoms with Crippen molar-refractivity contribution in [2.45, 2.75) is 39.7 Å². The average Bonchev–Trinajstić information content (AvgIpc) is 2.52. The van der Waals surface area contributed by atoms with Gasteiger partial charge < -0.3 is 45.0 Å². The number of fused-ring (bicyclic) bond motifs is 10. The van der Waals surface area contributed by atoms with Gasteiger partial charge in [-0.1, -0.05) is 119 Å². The fourth-order valence-electron chi connectivity index (χ4n) is 11.0. The number of nitrogens with one attached hydrogen (secondary N) is 8. The van der Waals surface area contributed by atoms with E-state index in [9.17, 15) is 8.78 Å². The molecule has 14 heteroatoms. The zero-order chi connectivity index (χ0) is 66.3. The van der Waals surface area contributed by atoms with Gasteiger partial charge in [0.1, 0.15) is 23.0 Å². The first-order chi connectivity index (χ1) is 47.0. The molecule has 0 saturated carbocycles. The Hall–Kier alpha value is -11.7. The molecule has 0 saturated heterocycles. The van der Waals surface area contributed by atoms with Crippen LogP contribution in [0.2, 0.25) is 0 Å². The number of benzene rings is 9. The Bertz CT molecular complexity index is 4930. The molecular formula is C82H73BrF2N10O. The Kier molecular flexibility index (Phi) is 22.7. The predicted octanol–water partition coefficient (Wildman–Crippen LogP) is 21.9. The van der Waals surface area contributed by atoms with Crippen molar-refractivity contribution in [3.05, 3.63) is 348 Å². The molecule has 0 fully saturated rings. The van der Waals surface area contributed by atoms with Crippen LogP contribution in [-0.2, 0) is 19.4 Å². The molecule has 2 aliphatic rings. The smallest absolute Gasteiger partial charge is 0.137 e. The van der Waals surface area contributed by atoms with Gasteiger partial charge in [0.05, 0.1) is 6.54 Å². The Labute approximate surface area is 563 Å². The zero-order valence-electron chi connectivity index (χ0n) is 53.2. The summed E-state index contributed by atoms with van der Waals surface area (Å²) in [5.41, 5.74) is 16.9. The SMILES string of the molecule is Brc1ccc2[nH]ccc2c1.C1=NCc2ccccc21.Cc1cc2ccccc2[nH]1.Cc1ccc2cc[nH]c2c1.Fc1ccc2[nH]ccc2c1.Fc1cccc2[nH]ccc12.Oc1ccc2cc[nH]c2c1.c1ccc2[nH]ccc2c1.c1ccc2c(c1)CCC2.c1cnc2[nH]ccc2c1. The van der Waals surface area contributed by atoms with E-state index >= 15 is 0 Å². The molecular weight excluding hydrogens is 1260 g/mol. The summed E-state index contributed by atoms with van der Waals surface area (Å²) in [5, 5.41) is 18.0. The van der Waals surface area contributed by atoms with Gasteiger partial charge in [0.25, 0.3) is 0 Å². The van der Waals surface area contributed by atoms with Gasteiger partial charge in [-0.2, -0.15) is 0 Å². The Morgan fingerprint density at radius 1 is 0.396 bits per heavy atom. The van der Waals surface area contributed by atoms with Gasteiger partial charge >= 0.3 is 0 Å². The molecule has 1 aliphatic carbocycles. The van der Waals surface area contributed by atoms with E-state index in [0.29, 0.717) is 11.1 Å². The number of aromatic amines is 8. The van der Waals surface area contributed by atoms with Gasteiger partial charge in [-0.3, -0.25) is 4.99 Å². The van der Waals surface area contributed by atoms with Gasteiger partial charge in [-0.25, -0.2) is 13.8 Å². The van der Waals surface area contributed by atoms with Crippen LogP contribution in [0.5, 0.6) is 5.75 Å². The highest BCUT2D eigenvalue weighted by molar-refractivity contribution is 9.10. The van der Waals surface area contributed by atoms with Crippen molar-refractivity contribution in [2.75, 3.05) is 0 Å². The molecule has 20 rings (SSSR count).